The van der Waals surface area contributed by atoms with Crippen LogP contribution in [0, 0.1) is 23.7 Å². The average molecular weight is 1270 g/mol. The fourth-order valence-corrected chi connectivity index (χ4v) is 11.5. The first-order valence-electron chi connectivity index (χ1n) is 34.7. The first kappa shape index (κ1) is 84.1. The standard InChI is InChI=1S/C67H130O17P2/c1-9-60(8)46-38-30-24-26-32-40-48-65(70)78-54-63(83-66(71)49-41-33-21-16-14-12-10-11-13-15-19-27-35-43-57(2)3)56-82-86(75,76)80-52-61(68)51-79-85(73,74)81-55-62(53-77-64(69)47-39-31-25-23-29-37-45-59(6)7)84-67(72)50-42-34-22-18-17-20-28-36-44-58(4)5/h57-63,68H,9-56H2,1-8H3,(H,73,74)(H,75,76)/t60?,61-,62+,63+/m0/s1. The quantitative estimate of drug-likeness (QED) is 0.0222. The summed E-state index contributed by atoms with van der Waals surface area (Å²) in [5, 5.41) is 10.6. The van der Waals surface area contributed by atoms with Gasteiger partial charge in [0, 0.05) is 25.7 Å². The third kappa shape index (κ3) is 59.7. The highest BCUT2D eigenvalue weighted by atomic mass is 31.2. The van der Waals surface area contributed by atoms with Crippen LogP contribution in [0.4, 0.5) is 0 Å². The Kier molecular flexibility index (Phi) is 55.7. The van der Waals surface area contributed by atoms with Gasteiger partial charge in [0.15, 0.2) is 12.2 Å². The summed E-state index contributed by atoms with van der Waals surface area (Å²) in [6.45, 7) is 14.0. The van der Waals surface area contributed by atoms with E-state index in [0.29, 0.717) is 31.6 Å². The molecule has 17 nitrogen and oxygen atoms in total. The van der Waals surface area contributed by atoms with Crippen molar-refractivity contribution >= 4 is 39.5 Å². The number of carbonyl (C=O) groups excluding carboxylic acids is 4. The lowest BCUT2D eigenvalue weighted by Crippen LogP contribution is -2.30. The fraction of sp³-hybridized carbons (Fsp3) is 0.940. The molecule has 0 heterocycles. The third-order valence-electron chi connectivity index (χ3n) is 15.7. The van der Waals surface area contributed by atoms with Crippen molar-refractivity contribution in [2.45, 2.75) is 343 Å². The zero-order valence-corrected chi connectivity index (χ0v) is 57.7. The molecule has 0 aromatic heterocycles. The molecule has 0 aromatic carbocycles. The molecule has 6 atom stereocenters. The molecule has 0 amide bonds. The maximum absolute atomic E-state index is 13.0. The minimum atomic E-state index is -4.95. The van der Waals surface area contributed by atoms with Crippen LogP contribution < -0.4 is 0 Å². The van der Waals surface area contributed by atoms with E-state index in [2.05, 4.69) is 55.4 Å². The van der Waals surface area contributed by atoms with Crippen molar-refractivity contribution in [1.29, 1.82) is 0 Å². The molecule has 510 valence electrons. The number of carbonyl (C=O) groups is 4. The molecule has 86 heavy (non-hydrogen) atoms. The van der Waals surface area contributed by atoms with Gasteiger partial charge >= 0.3 is 39.5 Å². The smallest absolute Gasteiger partial charge is 0.462 e. The van der Waals surface area contributed by atoms with Crippen LogP contribution in [0.5, 0.6) is 0 Å². The van der Waals surface area contributed by atoms with Gasteiger partial charge in [-0.3, -0.25) is 37.3 Å². The molecule has 19 heteroatoms. The SMILES string of the molecule is CCC(C)CCCCCCCCC(=O)OC[C@H](COP(=O)(O)OC[C@@H](O)COP(=O)(O)OC[C@@H](COC(=O)CCCCCCCCC(C)C)OC(=O)CCCCCCCCCCC(C)C)OC(=O)CCCCCCCCCCCCCCCC(C)C. The van der Waals surface area contributed by atoms with Crippen LogP contribution in [0.3, 0.4) is 0 Å². The van der Waals surface area contributed by atoms with Crippen LogP contribution in [0.2, 0.25) is 0 Å². The Bertz CT molecular complexity index is 1720. The summed E-state index contributed by atoms with van der Waals surface area (Å²) < 4.78 is 68.1. The molecule has 0 aliphatic carbocycles. The zero-order valence-electron chi connectivity index (χ0n) is 55.9. The van der Waals surface area contributed by atoms with Gasteiger partial charge < -0.3 is 33.8 Å². The summed E-state index contributed by atoms with van der Waals surface area (Å²) in [5.74, 6) is 0.777. The lowest BCUT2D eigenvalue weighted by molar-refractivity contribution is -0.161. The Morgan fingerprint density at radius 3 is 0.826 bits per heavy atom. The van der Waals surface area contributed by atoms with Crippen LogP contribution in [-0.2, 0) is 65.4 Å². The van der Waals surface area contributed by atoms with E-state index in [1.165, 1.54) is 116 Å². The van der Waals surface area contributed by atoms with Crippen LogP contribution in [0.1, 0.15) is 325 Å². The molecule has 0 rings (SSSR count). The highest BCUT2D eigenvalue weighted by Crippen LogP contribution is 2.45. The maximum atomic E-state index is 13.0. The molecule has 0 fully saturated rings. The predicted molar refractivity (Wildman–Crippen MR) is 344 cm³/mol. The molecule has 0 aromatic rings. The number of hydrogen-bond donors (Lipinski definition) is 3. The molecule has 0 saturated carbocycles. The number of phosphoric acid groups is 2. The monoisotopic (exact) mass is 1270 g/mol. The Balaban J connectivity index is 5.23. The summed E-state index contributed by atoms with van der Waals surface area (Å²) in [6.07, 6.45) is 37.8. The van der Waals surface area contributed by atoms with Gasteiger partial charge in [-0.2, -0.15) is 0 Å². The number of rotatable bonds is 64. The van der Waals surface area contributed by atoms with E-state index < -0.39 is 97.5 Å². The first-order chi connectivity index (χ1) is 41.1. The minimum Gasteiger partial charge on any atom is -0.462 e. The molecule has 3 N–H and O–H groups in total. The molecule has 0 radical (unpaired) electrons. The number of unbranched alkanes of at least 4 members (excludes halogenated alkanes) is 29. The highest BCUT2D eigenvalue weighted by Gasteiger charge is 2.30. The normalized spacial score (nSPS) is 14.7. The second-order valence-corrected chi connectivity index (χ2v) is 28.8. The van der Waals surface area contributed by atoms with Gasteiger partial charge in [-0.15, -0.1) is 0 Å². The zero-order chi connectivity index (χ0) is 63.9. The second-order valence-electron chi connectivity index (χ2n) is 25.9. The summed E-state index contributed by atoms with van der Waals surface area (Å²) in [5.41, 5.74) is 0. The van der Waals surface area contributed by atoms with Gasteiger partial charge in [0.05, 0.1) is 26.4 Å². The van der Waals surface area contributed by atoms with E-state index in [9.17, 15) is 43.2 Å². The first-order valence-corrected chi connectivity index (χ1v) is 37.7. The number of aliphatic hydroxyl groups excluding tert-OH is 1. The van der Waals surface area contributed by atoms with Crippen molar-refractivity contribution in [3.8, 4) is 0 Å². The molecular formula is C67H130O17P2. The van der Waals surface area contributed by atoms with Gasteiger partial charge in [-0.1, -0.05) is 274 Å². The van der Waals surface area contributed by atoms with Crippen molar-refractivity contribution in [2.75, 3.05) is 39.6 Å². The largest absolute Gasteiger partial charge is 0.472 e. The number of aliphatic hydroxyl groups is 1. The number of esters is 4. The van der Waals surface area contributed by atoms with Crippen LogP contribution in [0.15, 0.2) is 0 Å². The molecule has 3 unspecified atom stereocenters. The average Bonchev–Trinajstić information content (AvgIpc) is 3.68. The van der Waals surface area contributed by atoms with E-state index in [1.807, 2.05) is 0 Å². The number of ether oxygens (including phenoxy) is 4. The van der Waals surface area contributed by atoms with Crippen molar-refractivity contribution in [2.24, 2.45) is 23.7 Å². The number of phosphoric ester groups is 2. The molecule has 0 bridgehead atoms. The lowest BCUT2D eigenvalue weighted by Gasteiger charge is -2.21. The highest BCUT2D eigenvalue weighted by molar-refractivity contribution is 7.47. The molecule has 0 aliphatic rings. The van der Waals surface area contributed by atoms with E-state index >= 15 is 0 Å². The lowest BCUT2D eigenvalue weighted by atomic mass is 10.00. The minimum absolute atomic E-state index is 0.103. The van der Waals surface area contributed by atoms with Crippen LogP contribution in [-0.4, -0.2) is 96.7 Å². The van der Waals surface area contributed by atoms with Crippen molar-refractivity contribution in [1.82, 2.24) is 0 Å². The molecule has 0 saturated heterocycles. The van der Waals surface area contributed by atoms with Gasteiger partial charge in [-0.05, 0) is 49.4 Å². The van der Waals surface area contributed by atoms with Gasteiger partial charge in [0.2, 0.25) is 0 Å². The fourth-order valence-electron chi connectivity index (χ4n) is 9.93. The van der Waals surface area contributed by atoms with Crippen molar-refractivity contribution in [3.05, 3.63) is 0 Å². The van der Waals surface area contributed by atoms with Gasteiger partial charge in [0.25, 0.3) is 0 Å². The van der Waals surface area contributed by atoms with E-state index in [4.69, 9.17) is 37.0 Å². The van der Waals surface area contributed by atoms with Crippen molar-refractivity contribution in [3.63, 3.8) is 0 Å². The number of hydrogen-bond acceptors (Lipinski definition) is 15. The van der Waals surface area contributed by atoms with Crippen molar-refractivity contribution < 1.29 is 80.2 Å². The van der Waals surface area contributed by atoms with E-state index in [-0.39, 0.29) is 25.7 Å². The topological polar surface area (TPSA) is 237 Å². The van der Waals surface area contributed by atoms with E-state index in [0.717, 1.165) is 120 Å². The van der Waals surface area contributed by atoms with Gasteiger partial charge in [-0.25, -0.2) is 9.13 Å². The molecular weight excluding hydrogens is 1140 g/mol. The third-order valence-corrected chi connectivity index (χ3v) is 17.6. The summed E-state index contributed by atoms with van der Waals surface area (Å²) >= 11 is 0. The molecule has 0 spiro atoms. The Morgan fingerprint density at radius 2 is 0.558 bits per heavy atom. The summed E-state index contributed by atoms with van der Waals surface area (Å²) in [6, 6.07) is 0. The Morgan fingerprint density at radius 1 is 0.326 bits per heavy atom. The maximum Gasteiger partial charge on any atom is 0.472 e. The summed E-state index contributed by atoms with van der Waals surface area (Å²) in [4.78, 5) is 72.3. The van der Waals surface area contributed by atoms with Crippen LogP contribution >= 0.6 is 15.6 Å². The Hall–Kier alpha value is -1.94. The second kappa shape index (κ2) is 57.0. The van der Waals surface area contributed by atoms with Crippen LogP contribution in [0.25, 0.3) is 0 Å². The van der Waals surface area contributed by atoms with E-state index in [1.54, 1.807) is 0 Å². The Labute approximate surface area is 524 Å². The van der Waals surface area contributed by atoms with Gasteiger partial charge in [0.1, 0.15) is 19.3 Å². The summed E-state index contributed by atoms with van der Waals surface area (Å²) in [7, 11) is -9.90. The molecule has 0 aliphatic heterocycles. The predicted octanol–water partition coefficient (Wildman–Crippen LogP) is 18.5.